The number of methoxy groups -OCH3 is 2. The molecular weight excluding hydrogens is 414 g/mol. The van der Waals surface area contributed by atoms with Crippen molar-refractivity contribution in [3.63, 3.8) is 0 Å². The fraction of sp³-hybridized carbons (Fsp3) is 0.458. The molecule has 7 heteroatoms. The van der Waals surface area contributed by atoms with Gasteiger partial charge in [-0.2, -0.15) is 4.31 Å². The Morgan fingerprint density at radius 1 is 0.903 bits per heavy atom. The van der Waals surface area contributed by atoms with Gasteiger partial charge in [0, 0.05) is 25.9 Å². The van der Waals surface area contributed by atoms with Crippen molar-refractivity contribution in [1.29, 1.82) is 0 Å². The highest BCUT2D eigenvalue weighted by Crippen LogP contribution is 2.34. The predicted octanol–water partition coefficient (Wildman–Crippen LogP) is 4.04. The van der Waals surface area contributed by atoms with Crippen LogP contribution >= 0.6 is 0 Å². The van der Waals surface area contributed by atoms with Gasteiger partial charge < -0.3 is 9.47 Å². The zero-order valence-electron chi connectivity index (χ0n) is 18.4. The van der Waals surface area contributed by atoms with Crippen LogP contribution in [-0.4, -0.2) is 38.5 Å². The molecule has 0 saturated heterocycles. The molecule has 0 aliphatic heterocycles. The molecule has 0 spiro atoms. The highest BCUT2D eigenvalue weighted by molar-refractivity contribution is 7.89. The first-order chi connectivity index (χ1) is 14.8. The molecule has 1 aliphatic carbocycles. The maximum atomic E-state index is 13.5. The Morgan fingerprint density at radius 3 is 1.71 bits per heavy atom. The normalized spacial score (nSPS) is 15.5. The second kappa shape index (κ2) is 10.3. The van der Waals surface area contributed by atoms with Gasteiger partial charge in [-0.1, -0.05) is 37.6 Å². The molecule has 168 valence electrons. The lowest BCUT2D eigenvalue weighted by Crippen LogP contribution is -2.39. The molecule has 0 amide bonds. The van der Waals surface area contributed by atoms with E-state index in [0.29, 0.717) is 12.8 Å². The van der Waals surface area contributed by atoms with Crippen molar-refractivity contribution in [2.24, 2.45) is 11.8 Å². The van der Waals surface area contributed by atoms with Crippen molar-refractivity contribution >= 4 is 15.8 Å². The summed E-state index contributed by atoms with van der Waals surface area (Å²) in [6.45, 7) is 2.55. The minimum Gasteiger partial charge on any atom is -0.497 e. The van der Waals surface area contributed by atoms with Crippen molar-refractivity contribution in [2.45, 2.75) is 39.3 Å². The topological polar surface area (TPSA) is 72.9 Å². The maximum Gasteiger partial charge on any atom is 0.214 e. The molecule has 2 aromatic carbocycles. The average Bonchev–Trinajstić information content (AvgIpc) is 2.76. The van der Waals surface area contributed by atoms with Crippen LogP contribution < -0.4 is 9.47 Å². The smallest absolute Gasteiger partial charge is 0.214 e. The lowest BCUT2D eigenvalue weighted by Gasteiger charge is -2.33. The van der Waals surface area contributed by atoms with E-state index in [2.05, 4.69) is 0 Å². The van der Waals surface area contributed by atoms with E-state index in [0.717, 1.165) is 29.0 Å². The number of nitrogens with zero attached hydrogens (tertiary/aromatic N) is 1. The number of hydrogen-bond acceptors (Lipinski definition) is 5. The third-order valence-electron chi connectivity index (χ3n) is 6.02. The Balaban J connectivity index is 1.82. The van der Waals surface area contributed by atoms with Crippen LogP contribution in [0.3, 0.4) is 0 Å². The fourth-order valence-electron chi connectivity index (χ4n) is 3.94. The quantitative estimate of drug-likeness (QED) is 0.522. The minimum atomic E-state index is -3.54. The van der Waals surface area contributed by atoms with Gasteiger partial charge in [-0.25, -0.2) is 8.42 Å². The van der Waals surface area contributed by atoms with E-state index in [1.54, 1.807) is 18.5 Å². The van der Waals surface area contributed by atoms with Gasteiger partial charge in [0.15, 0.2) is 0 Å². The molecule has 1 atom stereocenters. The van der Waals surface area contributed by atoms with E-state index < -0.39 is 10.0 Å². The summed E-state index contributed by atoms with van der Waals surface area (Å²) in [5.74, 6) is 1.93. The lowest BCUT2D eigenvalue weighted by atomic mass is 9.75. The summed E-state index contributed by atoms with van der Waals surface area (Å²) in [6, 6.07) is 14.9. The van der Waals surface area contributed by atoms with Crippen LogP contribution in [0.1, 0.15) is 37.3 Å². The molecule has 0 N–H and O–H groups in total. The van der Waals surface area contributed by atoms with Crippen molar-refractivity contribution in [3.8, 4) is 11.5 Å². The number of ketones is 1. The number of ether oxygens (including phenoxy) is 2. The number of carbonyl (C=O) groups excluding carboxylic acids is 1. The molecule has 2 aromatic rings. The number of sulfonamides is 1. The molecule has 6 nitrogen and oxygen atoms in total. The van der Waals surface area contributed by atoms with Crippen LogP contribution in [0.15, 0.2) is 48.5 Å². The summed E-state index contributed by atoms with van der Waals surface area (Å²) in [6.07, 6.45) is 1.76. The summed E-state index contributed by atoms with van der Waals surface area (Å²) >= 11 is 0. The summed E-state index contributed by atoms with van der Waals surface area (Å²) in [4.78, 5) is 11.4. The minimum absolute atomic E-state index is 0.00284. The van der Waals surface area contributed by atoms with Gasteiger partial charge >= 0.3 is 0 Å². The van der Waals surface area contributed by atoms with Crippen LogP contribution in [0.2, 0.25) is 0 Å². The van der Waals surface area contributed by atoms with Gasteiger partial charge in [0.1, 0.15) is 17.3 Å². The standard InChI is InChI=1S/C24H31NO5S/c1-4-20(21-13-22(26)14-21)17-31(27,28)25(15-18-5-9-23(29-2)10-6-18)16-19-7-11-24(30-3)12-8-19/h5-12,20-21H,4,13-17H2,1-3H3. The molecular formula is C24H31NO5S. The van der Waals surface area contributed by atoms with Gasteiger partial charge in [-0.15, -0.1) is 0 Å². The third kappa shape index (κ3) is 6.08. The Labute approximate surface area is 185 Å². The van der Waals surface area contributed by atoms with E-state index >= 15 is 0 Å². The molecule has 1 saturated carbocycles. The number of benzene rings is 2. The first-order valence-electron chi connectivity index (χ1n) is 10.6. The van der Waals surface area contributed by atoms with E-state index in [1.165, 1.54) is 0 Å². The van der Waals surface area contributed by atoms with E-state index in [4.69, 9.17) is 9.47 Å². The highest BCUT2D eigenvalue weighted by Gasteiger charge is 2.36. The lowest BCUT2D eigenvalue weighted by molar-refractivity contribution is -0.128. The van der Waals surface area contributed by atoms with Gasteiger partial charge in [-0.3, -0.25) is 4.79 Å². The van der Waals surface area contributed by atoms with Gasteiger partial charge in [0.05, 0.1) is 20.0 Å². The van der Waals surface area contributed by atoms with Crippen LogP contribution in [0, 0.1) is 11.8 Å². The molecule has 0 bridgehead atoms. The first kappa shape index (κ1) is 23.3. The molecule has 1 fully saturated rings. The van der Waals surface area contributed by atoms with Gasteiger partial charge in [0.2, 0.25) is 10.0 Å². The second-order valence-corrected chi connectivity index (χ2v) is 10.1. The molecule has 0 radical (unpaired) electrons. The van der Waals surface area contributed by atoms with Crippen LogP contribution in [-0.2, 0) is 27.9 Å². The van der Waals surface area contributed by atoms with Gasteiger partial charge in [-0.05, 0) is 47.2 Å². The van der Waals surface area contributed by atoms with Crippen LogP contribution in [0.25, 0.3) is 0 Å². The van der Waals surface area contributed by atoms with Crippen molar-refractivity contribution < 1.29 is 22.7 Å². The fourth-order valence-corrected chi connectivity index (χ4v) is 5.89. The monoisotopic (exact) mass is 445 g/mol. The van der Waals surface area contributed by atoms with E-state index in [-0.39, 0.29) is 36.5 Å². The van der Waals surface area contributed by atoms with E-state index in [1.807, 2.05) is 55.5 Å². The zero-order valence-corrected chi connectivity index (χ0v) is 19.2. The predicted molar refractivity (Wildman–Crippen MR) is 121 cm³/mol. The van der Waals surface area contributed by atoms with E-state index in [9.17, 15) is 13.2 Å². The summed E-state index contributed by atoms with van der Waals surface area (Å²) in [5, 5.41) is 0. The SMILES string of the molecule is CCC(CS(=O)(=O)N(Cc1ccc(OC)cc1)Cc1ccc(OC)cc1)C1CC(=O)C1. The number of hydrogen-bond donors (Lipinski definition) is 0. The van der Waals surface area contributed by atoms with Gasteiger partial charge in [0.25, 0.3) is 0 Å². The van der Waals surface area contributed by atoms with Crippen LogP contribution in [0.4, 0.5) is 0 Å². The molecule has 0 aromatic heterocycles. The number of rotatable bonds is 11. The largest absolute Gasteiger partial charge is 0.497 e. The molecule has 1 aliphatic rings. The summed E-state index contributed by atoms with van der Waals surface area (Å²) in [7, 11) is -0.335. The van der Waals surface area contributed by atoms with Crippen LogP contribution in [0.5, 0.6) is 11.5 Å². The van der Waals surface area contributed by atoms with Crippen molar-refractivity contribution in [2.75, 3.05) is 20.0 Å². The first-order valence-corrected chi connectivity index (χ1v) is 12.2. The Hall–Kier alpha value is -2.38. The summed E-state index contributed by atoms with van der Waals surface area (Å²) in [5.41, 5.74) is 1.79. The number of carbonyl (C=O) groups is 1. The van der Waals surface area contributed by atoms with Crippen molar-refractivity contribution in [3.05, 3.63) is 59.7 Å². The maximum absolute atomic E-state index is 13.5. The molecule has 1 unspecified atom stereocenters. The Bertz CT molecular complexity index is 913. The number of Topliss-reactive ketones (excluding diaryl/α,β-unsaturated/α-hetero) is 1. The highest BCUT2D eigenvalue weighted by atomic mass is 32.2. The molecule has 31 heavy (non-hydrogen) atoms. The third-order valence-corrected chi connectivity index (χ3v) is 7.92. The average molecular weight is 446 g/mol. The zero-order chi connectivity index (χ0) is 22.4. The Morgan fingerprint density at radius 2 is 1.35 bits per heavy atom. The second-order valence-electron chi connectivity index (χ2n) is 8.12. The summed E-state index contributed by atoms with van der Waals surface area (Å²) < 4.78 is 38.9. The molecule has 0 heterocycles. The Kier molecular flexibility index (Phi) is 7.73. The molecule has 3 rings (SSSR count). The van der Waals surface area contributed by atoms with Crippen molar-refractivity contribution in [1.82, 2.24) is 4.31 Å².